The lowest BCUT2D eigenvalue weighted by atomic mass is 9.81. The van der Waals surface area contributed by atoms with Crippen LogP contribution in [0.25, 0.3) is 83.3 Å². The molecule has 3 N–H and O–H groups in total. The van der Waals surface area contributed by atoms with Gasteiger partial charge in [0.15, 0.2) is 0 Å². The van der Waals surface area contributed by atoms with Gasteiger partial charge in [-0.2, -0.15) is 0 Å². The van der Waals surface area contributed by atoms with Crippen molar-refractivity contribution in [3.63, 3.8) is 0 Å². The molecule has 0 saturated heterocycles. The zero-order valence-electron chi connectivity index (χ0n) is 34.8. The first-order chi connectivity index (χ1) is 30.4. The third kappa shape index (κ3) is 6.73. The summed E-state index contributed by atoms with van der Waals surface area (Å²) in [6.07, 6.45) is 4.08. The fourth-order valence-electron chi connectivity index (χ4n) is 9.61. The van der Waals surface area contributed by atoms with Gasteiger partial charge < -0.3 is 10.2 Å². The minimum Gasteiger partial charge on any atom is -0.456 e. The van der Waals surface area contributed by atoms with Gasteiger partial charge >= 0.3 is 0 Å². The molecule has 0 bridgehead atoms. The molecule has 62 heavy (non-hydrogen) atoms. The molecule has 298 valence electrons. The standard InChI is InChI=1S/C59H46N2O/c1-59(2)52-22-13-21-48(57(52)51-36-42-18-9-10-19-43(42)37-53(51)59)40-27-24-38(25-28-40)26-30-54(61-58(60)41-16-7-4-8-17-41)47-33-45(39-14-5-3-6-15-39)32-46(34-47)44-29-31-56-50(35-44)49-20-11-12-23-55(49)62-56/h3-37,54,58,61H,60H2,1-2H3/b30-26+. The molecule has 0 saturated carbocycles. The fraction of sp³-hybridized carbons (Fsp3) is 0.0847. The van der Waals surface area contributed by atoms with Crippen LogP contribution in [0.15, 0.2) is 211 Å². The third-order valence-electron chi connectivity index (χ3n) is 12.9. The van der Waals surface area contributed by atoms with E-state index in [0.29, 0.717) is 0 Å². The molecule has 11 rings (SSSR count). The predicted molar refractivity (Wildman–Crippen MR) is 260 cm³/mol. The van der Waals surface area contributed by atoms with Crippen LogP contribution in [0.1, 0.15) is 53.9 Å². The van der Waals surface area contributed by atoms with E-state index in [9.17, 15) is 0 Å². The van der Waals surface area contributed by atoms with Gasteiger partial charge in [-0.3, -0.25) is 5.32 Å². The van der Waals surface area contributed by atoms with Gasteiger partial charge in [0.25, 0.3) is 0 Å². The highest BCUT2D eigenvalue weighted by Crippen LogP contribution is 2.53. The lowest BCUT2D eigenvalue weighted by Gasteiger charge is -2.23. The minimum absolute atomic E-state index is 0.0892. The van der Waals surface area contributed by atoms with Crippen molar-refractivity contribution < 1.29 is 4.42 Å². The Morgan fingerprint density at radius 3 is 1.94 bits per heavy atom. The van der Waals surface area contributed by atoms with Crippen molar-refractivity contribution in [1.82, 2.24) is 5.32 Å². The lowest BCUT2D eigenvalue weighted by molar-refractivity contribution is 0.509. The average molecular weight is 799 g/mol. The monoisotopic (exact) mass is 798 g/mol. The van der Waals surface area contributed by atoms with E-state index in [1.165, 1.54) is 44.2 Å². The summed E-state index contributed by atoms with van der Waals surface area (Å²) in [5.41, 5.74) is 24.4. The Hall–Kier alpha value is -7.30. The number of para-hydroxylation sites is 1. The molecule has 10 aromatic rings. The van der Waals surface area contributed by atoms with Crippen molar-refractivity contribution in [3.05, 3.63) is 234 Å². The van der Waals surface area contributed by atoms with Crippen LogP contribution in [0.3, 0.4) is 0 Å². The van der Waals surface area contributed by atoms with Crippen molar-refractivity contribution >= 4 is 38.8 Å². The molecule has 2 atom stereocenters. The van der Waals surface area contributed by atoms with Crippen molar-refractivity contribution in [2.24, 2.45) is 5.73 Å². The van der Waals surface area contributed by atoms with Gasteiger partial charge in [0.2, 0.25) is 0 Å². The summed E-state index contributed by atoms with van der Waals surface area (Å²) < 4.78 is 6.21. The maximum absolute atomic E-state index is 6.96. The Morgan fingerprint density at radius 2 is 1.15 bits per heavy atom. The van der Waals surface area contributed by atoms with Crippen LogP contribution in [0.4, 0.5) is 0 Å². The van der Waals surface area contributed by atoms with E-state index in [1.807, 2.05) is 30.3 Å². The third-order valence-corrected chi connectivity index (χ3v) is 12.9. The van der Waals surface area contributed by atoms with E-state index in [4.69, 9.17) is 10.2 Å². The second-order valence-corrected chi connectivity index (χ2v) is 17.1. The summed E-state index contributed by atoms with van der Waals surface area (Å²) >= 11 is 0. The van der Waals surface area contributed by atoms with Gasteiger partial charge in [-0.05, 0) is 132 Å². The molecule has 1 aliphatic rings. The molecule has 0 radical (unpaired) electrons. The molecule has 0 spiro atoms. The smallest absolute Gasteiger partial charge is 0.135 e. The SMILES string of the molecule is CC1(C)c2cc3ccccc3cc2-c2c(-c3ccc(/C=C/C(NC(N)c4ccccc4)c4cc(-c5ccccc5)cc(-c5ccc6oc7ccccc7c6c5)c4)cc3)cccc21. The highest BCUT2D eigenvalue weighted by Gasteiger charge is 2.37. The highest BCUT2D eigenvalue weighted by molar-refractivity contribution is 6.06. The van der Waals surface area contributed by atoms with Crippen LogP contribution >= 0.6 is 0 Å². The lowest BCUT2D eigenvalue weighted by Crippen LogP contribution is -2.31. The maximum atomic E-state index is 6.96. The molecule has 9 aromatic carbocycles. The molecule has 0 amide bonds. The van der Waals surface area contributed by atoms with Crippen LogP contribution in [0.2, 0.25) is 0 Å². The Bertz CT molecular complexity index is 3300. The summed E-state index contributed by atoms with van der Waals surface area (Å²) in [5.74, 6) is 0. The molecule has 0 fully saturated rings. The fourth-order valence-corrected chi connectivity index (χ4v) is 9.61. The van der Waals surface area contributed by atoms with E-state index in [0.717, 1.165) is 60.9 Å². The molecule has 1 heterocycles. The van der Waals surface area contributed by atoms with Gasteiger partial charge in [-0.25, -0.2) is 0 Å². The first-order valence-electron chi connectivity index (χ1n) is 21.5. The van der Waals surface area contributed by atoms with E-state index in [1.54, 1.807) is 0 Å². The zero-order chi connectivity index (χ0) is 41.8. The van der Waals surface area contributed by atoms with E-state index in [2.05, 4.69) is 201 Å². The molecule has 2 unspecified atom stereocenters. The van der Waals surface area contributed by atoms with Crippen LogP contribution in [-0.2, 0) is 5.41 Å². The van der Waals surface area contributed by atoms with Gasteiger partial charge in [0.1, 0.15) is 11.2 Å². The highest BCUT2D eigenvalue weighted by atomic mass is 16.3. The second-order valence-electron chi connectivity index (χ2n) is 17.1. The largest absolute Gasteiger partial charge is 0.456 e. The number of nitrogens with one attached hydrogen (secondary N) is 1. The van der Waals surface area contributed by atoms with Crippen molar-refractivity contribution in [3.8, 4) is 44.5 Å². The molecule has 0 aliphatic heterocycles. The van der Waals surface area contributed by atoms with Crippen LogP contribution < -0.4 is 11.1 Å². The number of rotatable bonds is 9. The predicted octanol–water partition coefficient (Wildman–Crippen LogP) is 15.0. The summed E-state index contributed by atoms with van der Waals surface area (Å²) in [5, 5.41) is 8.58. The Kier molecular flexibility index (Phi) is 9.30. The van der Waals surface area contributed by atoms with Crippen molar-refractivity contribution in [2.45, 2.75) is 31.5 Å². The van der Waals surface area contributed by atoms with E-state index in [-0.39, 0.29) is 11.5 Å². The summed E-state index contributed by atoms with van der Waals surface area (Å²) in [4.78, 5) is 0. The number of furan rings is 1. The Balaban J connectivity index is 0.984. The number of nitrogens with two attached hydrogens (primary N) is 1. The molecule has 3 nitrogen and oxygen atoms in total. The number of benzene rings is 9. The summed E-state index contributed by atoms with van der Waals surface area (Å²) in [6, 6.07) is 71.6. The second kappa shape index (κ2) is 15.3. The van der Waals surface area contributed by atoms with Crippen LogP contribution in [0, 0.1) is 0 Å². The molecule has 1 aliphatic carbocycles. The zero-order valence-corrected chi connectivity index (χ0v) is 34.8. The molecular weight excluding hydrogens is 753 g/mol. The van der Waals surface area contributed by atoms with Crippen molar-refractivity contribution in [1.29, 1.82) is 0 Å². The maximum Gasteiger partial charge on any atom is 0.135 e. The van der Waals surface area contributed by atoms with Crippen molar-refractivity contribution in [2.75, 3.05) is 0 Å². The Labute approximate surface area is 362 Å². The quantitative estimate of drug-likeness (QED) is 0.143. The number of hydrogen-bond donors (Lipinski definition) is 2. The Morgan fingerprint density at radius 1 is 0.484 bits per heavy atom. The topological polar surface area (TPSA) is 51.2 Å². The van der Waals surface area contributed by atoms with E-state index < -0.39 is 6.17 Å². The average Bonchev–Trinajstić information content (AvgIpc) is 3.81. The van der Waals surface area contributed by atoms with Crippen LogP contribution in [0.5, 0.6) is 0 Å². The normalized spacial score (nSPS) is 14.0. The van der Waals surface area contributed by atoms with Crippen LogP contribution in [-0.4, -0.2) is 0 Å². The summed E-state index contributed by atoms with van der Waals surface area (Å²) in [6.45, 7) is 4.72. The van der Waals surface area contributed by atoms with E-state index >= 15 is 0 Å². The van der Waals surface area contributed by atoms with Gasteiger partial charge in [0, 0.05) is 16.2 Å². The van der Waals surface area contributed by atoms with Gasteiger partial charge in [-0.15, -0.1) is 0 Å². The molecule has 1 aromatic heterocycles. The first-order valence-corrected chi connectivity index (χ1v) is 21.5. The molecular formula is C59H46N2O. The number of fused-ring (bicyclic) bond motifs is 7. The minimum atomic E-state index is -0.393. The number of hydrogen-bond acceptors (Lipinski definition) is 3. The van der Waals surface area contributed by atoms with Gasteiger partial charge in [0.05, 0.1) is 12.2 Å². The van der Waals surface area contributed by atoms with Gasteiger partial charge in [-0.1, -0.05) is 178 Å². The summed E-state index contributed by atoms with van der Waals surface area (Å²) in [7, 11) is 0. The first kappa shape index (κ1) is 37.7. The molecule has 3 heteroatoms.